The van der Waals surface area contributed by atoms with Crippen LogP contribution in [0.4, 0.5) is 0 Å². The van der Waals surface area contributed by atoms with Crippen LogP contribution >= 0.6 is 0 Å². The summed E-state index contributed by atoms with van der Waals surface area (Å²) in [4.78, 5) is 15.2. The minimum absolute atomic E-state index is 0.148. The van der Waals surface area contributed by atoms with Crippen molar-refractivity contribution in [3.8, 4) is 34.5 Å². The van der Waals surface area contributed by atoms with Crippen LogP contribution in [-0.4, -0.2) is 45.9 Å². The first-order valence-electron chi connectivity index (χ1n) is 11.4. The summed E-state index contributed by atoms with van der Waals surface area (Å²) in [6.45, 7) is 1.52. The minimum Gasteiger partial charge on any atom is -0.497 e. The van der Waals surface area contributed by atoms with Crippen molar-refractivity contribution < 1.29 is 33.2 Å². The number of methoxy groups -OCH3 is 4. The van der Waals surface area contributed by atoms with Crippen LogP contribution in [0.1, 0.15) is 27.0 Å². The van der Waals surface area contributed by atoms with E-state index in [2.05, 4.69) is 4.90 Å². The van der Waals surface area contributed by atoms with E-state index in [9.17, 15) is 4.79 Å². The van der Waals surface area contributed by atoms with E-state index < -0.39 is 0 Å². The molecule has 186 valence electrons. The van der Waals surface area contributed by atoms with Crippen LogP contribution in [0.2, 0.25) is 0 Å². The highest BCUT2D eigenvalue weighted by Crippen LogP contribution is 2.43. The number of benzene rings is 3. The Hall–Kier alpha value is -4.17. The van der Waals surface area contributed by atoms with Gasteiger partial charge in [0.15, 0.2) is 17.3 Å². The fraction of sp³-hybridized carbons (Fsp3) is 0.250. The zero-order chi connectivity index (χ0) is 25.2. The Balaban J connectivity index is 1.39. The highest BCUT2D eigenvalue weighted by Gasteiger charge is 2.33. The standard InChI is InChI=1S/C28H27NO7/c1-31-19-7-5-17(6-8-19)11-23-26(30)20-9-10-22-21(27(20)36-23)15-29(16-35-22)14-18-12-24(32-2)28(34-4)25(13-18)33-3/h5-13H,14-16H2,1-4H3/b23-11-. The Kier molecular flexibility index (Phi) is 6.43. The van der Waals surface area contributed by atoms with Gasteiger partial charge < -0.3 is 28.4 Å². The summed E-state index contributed by atoms with van der Waals surface area (Å²) >= 11 is 0. The lowest BCUT2D eigenvalue weighted by molar-refractivity contribution is 0.0871. The highest BCUT2D eigenvalue weighted by molar-refractivity contribution is 6.15. The maximum Gasteiger partial charge on any atom is 0.231 e. The molecule has 0 radical (unpaired) electrons. The molecule has 8 nitrogen and oxygen atoms in total. The second-order valence-electron chi connectivity index (χ2n) is 8.43. The monoisotopic (exact) mass is 489 g/mol. The van der Waals surface area contributed by atoms with Gasteiger partial charge in [-0.2, -0.15) is 0 Å². The van der Waals surface area contributed by atoms with Crippen molar-refractivity contribution >= 4 is 11.9 Å². The Bertz CT molecular complexity index is 1310. The zero-order valence-electron chi connectivity index (χ0n) is 20.6. The van der Waals surface area contributed by atoms with Crippen molar-refractivity contribution in [1.29, 1.82) is 0 Å². The van der Waals surface area contributed by atoms with Crippen LogP contribution in [0, 0.1) is 0 Å². The number of carbonyl (C=O) groups excluding carboxylic acids is 1. The van der Waals surface area contributed by atoms with Crippen molar-refractivity contribution in [2.45, 2.75) is 13.1 Å². The van der Waals surface area contributed by atoms with Crippen LogP contribution in [0.3, 0.4) is 0 Å². The number of rotatable bonds is 7. The summed E-state index contributed by atoms with van der Waals surface area (Å²) in [5.74, 6) is 3.87. The molecule has 0 bridgehead atoms. The predicted octanol–water partition coefficient (Wildman–Crippen LogP) is 4.69. The van der Waals surface area contributed by atoms with E-state index in [0.29, 0.717) is 54.1 Å². The second-order valence-corrected chi connectivity index (χ2v) is 8.43. The van der Waals surface area contributed by atoms with Gasteiger partial charge in [0.2, 0.25) is 11.5 Å². The van der Waals surface area contributed by atoms with Gasteiger partial charge in [-0.15, -0.1) is 0 Å². The van der Waals surface area contributed by atoms with Gasteiger partial charge in [-0.1, -0.05) is 12.1 Å². The molecular formula is C28H27NO7. The van der Waals surface area contributed by atoms with Gasteiger partial charge in [0.1, 0.15) is 24.0 Å². The predicted molar refractivity (Wildman–Crippen MR) is 133 cm³/mol. The number of ether oxygens (including phenoxy) is 6. The molecule has 0 fully saturated rings. The Morgan fingerprint density at radius 1 is 0.917 bits per heavy atom. The maximum absolute atomic E-state index is 13.1. The number of nitrogens with zero attached hydrogens (tertiary/aromatic N) is 1. The number of allylic oxidation sites excluding steroid dienone is 1. The van der Waals surface area contributed by atoms with Crippen molar-refractivity contribution in [2.24, 2.45) is 0 Å². The molecule has 0 atom stereocenters. The maximum atomic E-state index is 13.1. The Morgan fingerprint density at radius 3 is 2.28 bits per heavy atom. The molecule has 0 saturated carbocycles. The third-order valence-corrected chi connectivity index (χ3v) is 6.23. The smallest absolute Gasteiger partial charge is 0.231 e. The first-order chi connectivity index (χ1) is 17.5. The summed E-state index contributed by atoms with van der Waals surface area (Å²) in [5.41, 5.74) is 3.20. The molecule has 2 aliphatic heterocycles. The van der Waals surface area contributed by atoms with Gasteiger partial charge in [-0.3, -0.25) is 9.69 Å². The van der Waals surface area contributed by atoms with Gasteiger partial charge in [0, 0.05) is 13.1 Å². The molecule has 3 aromatic rings. The molecule has 0 amide bonds. The van der Waals surface area contributed by atoms with E-state index in [1.54, 1.807) is 40.6 Å². The van der Waals surface area contributed by atoms with E-state index in [-0.39, 0.29) is 11.5 Å². The minimum atomic E-state index is -0.148. The van der Waals surface area contributed by atoms with E-state index in [1.807, 2.05) is 42.5 Å². The lowest BCUT2D eigenvalue weighted by Crippen LogP contribution is -2.31. The number of fused-ring (bicyclic) bond motifs is 3. The highest BCUT2D eigenvalue weighted by atomic mass is 16.5. The van der Waals surface area contributed by atoms with Crippen LogP contribution in [-0.2, 0) is 13.1 Å². The Morgan fingerprint density at radius 2 is 1.64 bits per heavy atom. The molecule has 0 N–H and O–H groups in total. The molecule has 2 heterocycles. The van der Waals surface area contributed by atoms with Crippen LogP contribution in [0.25, 0.3) is 6.08 Å². The quantitative estimate of drug-likeness (QED) is 0.443. The summed E-state index contributed by atoms with van der Waals surface area (Å²) in [5, 5.41) is 0. The zero-order valence-corrected chi connectivity index (χ0v) is 20.6. The molecule has 0 saturated heterocycles. The largest absolute Gasteiger partial charge is 0.497 e. The van der Waals surface area contributed by atoms with Crippen molar-refractivity contribution in [3.05, 3.63) is 76.5 Å². The van der Waals surface area contributed by atoms with Crippen LogP contribution < -0.4 is 28.4 Å². The number of carbonyl (C=O) groups is 1. The van der Waals surface area contributed by atoms with Crippen LogP contribution in [0.15, 0.2) is 54.3 Å². The van der Waals surface area contributed by atoms with E-state index in [0.717, 1.165) is 22.4 Å². The van der Waals surface area contributed by atoms with Gasteiger partial charge in [0.25, 0.3) is 0 Å². The van der Waals surface area contributed by atoms with Gasteiger partial charge in [0.05, 0.1) is 39.6 Å². The second kappa shape index (κ2) is 9.83. The van der Waals surface area contributed by atoms with Crippen molar-refractivity contribution in [2.75, 3.05) is 35.2 Å². The molecule has 0 aromatic heterocycles. The lowest BCUT2D eigenvalue weighted by atomic mass is 10.0. The molecule has 0 spiro atoms. The van der Waals surface area contributed by atoms with Gasteiger partial charge in [-0.25, -0.2) is 0 Å². The molecule has 36 heavy (non-hydrogen) atoms. The first kappa shape index (κ1) is 23.6. The number of Topliss-reactive ketones (excluding diaryl/α,β-unsaturated/α-hetero) is 1. The summed E-state index contributed by atoms with van der Waals surface area (Å²) in [6, 6.07) is 14.9. The van der Waals surface area contributed by atoms with E-state index in [4.69, 9.17) is 28.4 Å². The number of ketones is 1. The molecular weight excluding hydrogens is 462 g/mol. The molecule has 3 aromatic carbocycles. The van der Waals surface area contributed by atoms with Gasteiger partial charge in [-0.05, 0) is 53.6 Å². The number of hydrogen-bond donors (Lipinski definition) is 0. The molecule has 5 rings (SSSR count). The Labute approximate surface area is 209 Å². The van der Waals surface area contributed by atoms with Gasteiger partial charge >= 0.3 is 0 Å². The molecule has 0 aliphatic carbocycles. The molecule has 8 heteroatoms. The third kappa shape index (κ3) is 4.31. The average Bonchev–Trinajstić information content (AvgIpc) is 3.23. The summed E-state index contributed by atoms with van der Waals surface area (Å²) in [7, 11) is 6.38. The lowest BCUT2D eigenvalue weighted by Gasteiger charge is -2.30. The molecule has 0 unspecified atom stereocenters. The van der Waals surface area contributed by atoms with E-state index in [1.165, 1.54) is 0 Å². The average molecular weight is 490 g/mol. The molecule has 2 aliphatic rings. The summed E-state index contributed by atoms with van der Waals surface area (Å²) < 4.78 is 33.7. The third-order valence-electron chi connectivity index (χ3n) is 6.23. The van der Waals surface area contributed by atoms with Crippen molar-refractivity contribution in [1.82, 2.24) is 4.90 Å². The summed E-state index contributed by atoms with van der Waals surface area (Å²) in [6.07, 6.45) is 1.74. The SMILES string of the molecule is COc1ccc(/C=C2\Oc3c(ccc4c3CN(Cc3cc(OC)c(OC)c(OC)c3)CO4)C2=O)cc1. The van der Waals surface area contributed by atoms with Crippen LogP contribution in [0.5, 0.6) is 34.5 Å². The topological polar surface area (TPSA) is 75.7 Å². The normalized spacial score (nSPS) is 15.6. The number of hydrogen-bond acceptors (Lipinski definition) is 8. The fourth-order valence-corrected chi connectivity index (χ4v) is 4.44. The fourth-order valence-electron chi connectivity index (χ4n) is 4.44. The van der Waals surface area contributed by atoms with Crippen molar-refractivity contribution in [3.63, 3.8) is 0 Å². The van der Waals surface area contributed by atoms with E-state index >= 15 is 0 Å². The first-order valence-corrected chi connectivity index (χ1v) is 11.4.